The van der Waals surface area contributed by atoms with Gasteiger partial charge in [0.2, 0.25) is 0 Å². The quantitative estimate of drug-likeness (QED) is 0.199. The number of nitrogens with zero attached hydrogens (tertiary/aromatic N) is 8. The maximum atomic E-state index is 9.43. The van der Waals surface area contributed by atoms with Crippen LogP contribution in [0.3, 0.4) is 0 Å². The van der Waals surface area contributed by atoms with Crippen molar-refractivity contribution >= 4 is 0 Å². The van der Waals surface area contributed by atoms with Gasteiger partial charge in [0.25, 0.3) is 0 Å². The monoisotopic (exact) mass is 556 g/mol. The smallest absolute Gasteiger partial charge is 0.167 e. The Kier molecular flexibility index (Phi) is 15.5. The molecule has 0 aliphatic rings. The highest BCUT2D eigenvalue weighted by molar-refractivity contribution is 5.10. The molecule has 4 atom stereocenters. The zero-order chi connectivity index (χ0) is 32.1. The highest BCUT2D eigenvalue weighted by Gasteiger charge is 2.37. The molecule has 0 amide bonds. The van der Waals surface area contributed by atoms with Crippen LogP contribution in [-0.2, 0) is 9.47 Å². The minimum atomic E-state index is -1.05. The van der Waals surface area contributed by atoms with Gasteiger partial charge in [0, 0.05) is 27.1 Å². The minimum absolute atomic E-state index is 0.368. The van der Waals surface area contributed by atoms with Crippen LogP contribution in [-0.4, -0.2) is 47.6 Å². The largest absolute Gasteiger partial charge is 0.379 e. The van der Waals surface area contributed by atoms with Crippen molar-refractivity contribution in [3.05, 3.63) is 0 Å². The third-order valence-corrected chi connectivity index (χ3v) is 6.20. The summed E-state index contributed by atoms with van der Waals surface area (Å²) in [6.07, 6.45) is 2.06. The van der Waals surface area contributed by atoms with E-state index in [1.807, 2.05) is 55.4 Å². The molecule has 10 heteroatoms. The fourth-order valence-electron chi connectivity index (χ4n) is 4.25. The lowest BCUT2D eigenvalue weighted by Gasteiger charge is -2.31. The topological polar surface area (TPSA) is 163 Å². The van der Waals surface area contributed by atoms with Crippen molar-refractivity contribution in [3.8, 4) is 24.3 Å². The van der Waals surface area contributed by atoms with Crippen molar-refractivity contribution in [3.63, 3.8) is 0 Å². The molecule has 0 heterocycles. The van der Waals surface area contributed by atoms with Gasteiger partial charge >= 0.3 is 0 Å². The zero-order valence-electron chi connectivity index (χ0n) is 27.4. The van der Waals surface area contributed by atoms with Gasteiger partial charge in [0.1, 0.15) is 0 Å². The lowest BCUT2D eigenvalue weighted by Crippen LogP contribution is -2.37. The summed E-state index contributed by atoms with van der Waals surface area (Å²) in [5, 5.41) is 53.9. The first-order valence-corrected chi connectivity index (χ1v) is 13.7. The van der Waals surface area contributed by atoms with Crippen LogP contribution in [0.25, 0.3) is 0 Å². The minimum Gasteiger partial charge on any atom is -0.379 e. The van der Waals surface area contributed by atoms with Crippen molar-refractivity contribution in [2.45, 2.75) is 142 Å². The standard InChI is InChI=1S/C16H28N4O2.C14H24N4/c1-13(2,21-7)9-15(5,11-17)19-20-16(6,12-18)10-14(3,4)22-8;1-11(2)7-13(5,9-15)17-18-14(6,10-16)8-12(3)4/h9-10H2,1-8H3;11-12H,7-8H2,1-6H3/b20-19+;18-17+. The Morgan fingerprint density at radius 2 is 0.725 bits per heavy atom. The van der Waals surface area contributed by atoms with Crippen molar-refractivity contribution in [1.29, 1.82) is 21.0 Å². The molecule has 0 spiro atoms. The van der Waals surface area contributed by atoms with E-state index in [0.717, 1.165) is 0 Å². The predicted molar refractivity (Wildman–Crippen MR) is 156 cm³/mol. The second-order valence-corrected chi connectivity index (χ2v) is 13.4. The molecule has 0 aliphatic carbocycles. The van der Waals surface area contributed by atoms with Crippen LogP contribution in [0, 0.1) is 57.2 Å². The summed E-state index contributed by atoms with van der Waals surface area (Å²) in [4.78, 5) is 0. The lowest BCUT2D eigenvalue weighted by atomic mass is 9.88. The number of ether oxygens (including phenoxy) is 2. The molecular formula is C30H52N8O2. The maximum Gasteiger partial charge on any atom is 0.167 e. The van der Waals surface area contributed by atoms with E-state index in [1.54, 1.807) is 41.9 Å². The number of rotatable bonds is 14. The Morgan fingerprint density at radius 1 is 0.500 bits per heavy atom. The van der Waals surface area contributed by atoms with Gasteiger partial charge in [-0.25, -0.2) is 0 Å². The van der Waals surface area contributed by atoms with E-state index in [9.17, 15) is 21.0 Å². The molecule has 0 aliphatic heterocycles. The van der Waals surface area contributed by atoms with E-state index in [-0.39, 0.29) is 0 Å². The van der Waals surface area contributed by atoms with Gasteiger partial charge in [-0.3, -0.25) is 0 Å². The summed E-state index contributed by atoms with van der Waals surface area (Å²) < 4.78 is 10.7. The Balaban J connectivity index is 0. The van der Waals surface area contributed by atoms with Crippen LogP contribution in [0.4, 0.5) is 0 Å². The lowest BCUT2D eigenvalue weighted by molar-refractivity contribution is 0.000704. The second-order valence-electron chi connectivity index (χ2n) is 13.4. The molecule has 0 bridgehead atoms. The molecule has 0 fully saturated rings. The fraction of sp³-hybridized carbons (Fsp3) is 0.867. The molecule has 0 radical (unpaired) electrons. The molecule has 4 unspecified atom stereocenters. The summed E-state index contributed by atoms with van der Waals surface area (Å²) in [6, 6.07) is 8.70. The van der Waals surface area contributed by atoms with E-state index in [0.29, 0.717) is 37.5 Å². The summed E-state index contributed by atoms with van der Waals surface area (Å²) in [6.45, 7) is 22.6. The second kappa shape index (κ2) is 15.8. The third-order valence-electron chi connectivity index (χ3n) is 6.20. The number of azo groups is 2. The maximum absolute atomic E-state index is 9.43. The summed E-state index contributed by atoms with van der Waals surface area (Å²) >= 11 is 0. The van der Waals surface area contributed by atoms with Gasteiger partial charge in [0.15, 0.2) is 22.2 Å². The molecule has 0 N–H and O–H groups in total. The highest BCUT2D eigenvalue weighted by Crippen LogP contribution is 2.31. The van der Waals surface area contributed by atoms with Crippen molar-refractivity contribution in [2.75, 3.05) is 14.2 Å². The molecular weight excluding hydrogens is 504 g/mol. The number of hydrogen-bond acceptors (Lipinski definition) is 10. The van der Waals surface area contributed by atoms with E-state index >= 15 is 0 Å². The zero-order valence-corrected chi connectivity index (χ0v) is 27.4. The Morgan fingerprint density at radius 3 is 0.900 bits per heavy atom. The number of methoxy groups -OCH3 is 2. The summed E-state index contributed by atoms with van der Waals surface area (Å²) in [5.74, 6) is 0.735. The molecule has 40 heavy (non-hydrogen) atoms. The van der Waals surface area contributed by atoms with E-state index in [4.69, 9.17) is 9.47 Å². The van der Waals surface area contributed by atoms with Gasteiger partial charge in [-0.05, 0) is 80.1 Å². The fourth-order valence-corrected chi connectivity index (χ4v) is 4.25. The average molecular weight is 557 g/mol. The Bertz CT molecular complexity index is 944. The summed E-state index contributed by atoms with van der Waals surface area (Å²) in [5.41, 5.74) is -4.76. The molecule has 0 saturated carbocycles. The van der Waals surface area contributed by atoms with Gasteiger partial charge < -0.3 is 9.47 Å². The normalized spacial score (nSPS) is 18.3. The van der Waals surface area contributed by atoms with Crippen molar-refractivity contribution < 1.29 is 9.47 Å². The van der Waals surface area contributed by atoms with Crippen LogP contribution < -0.4 is 0 Å². The van der Waals surface area contributed by atoms with E-state index in [1.165, 1.54) is 0 Å². The molecule has 0 aromatic carbocycles. The van der Waals surface area contributed by atoms with Crippen LogP contribution in [0.5, 0.6) is 0 Å². The van der Waals surface area contributed by atoms with Gasteiger partial charge in [-0.1, -0.05) is 27.7 Å². The Hall–Kier alpha value is -2.92. The van der Waals surface area contributed by atoms with Crippen LogP contribution in [0.15, 0.2) is 20.5 Å². The molecule has 0 rings (SSSR count). The molecule has 0 saturated heterocycles. The van der Waals surface area contributed by atoms with E-state index in [2.05, 4.69) is 44.7 Å². The third kappa shape index (κ3) is 15.6. The van der Waals surface area contributed by atoms with Gasteiger partial charge in [0.05, 0.1) is 35.5 Å². The molecule has 224 valence electrons. The van der Waals surface area contributed by atoms with Crippen molar-refractivity contribution in [1.82, 2.24) is 0 Å². The van der Waals surface area contributed by atoms with Gasteiger partial charge in [-0.2, -0.15) is 41.5 Å². The first kappa shape index (κ1) is 39.2. The van der Waals surface area contributed by atoms with Crippen LogP contribution in [0.1, 0.15) is 109 Å². The predicted octanol–water partition coefficient (Wildman–Crippen LogP) is 7.73. The van der Waals surface area contributed by atoms with E-state index < -0.39 is 33.4 Å². The van der Waals surface area contributed by atoms with Crippen LogP contribution in [0.2, 0.25) is 0 Å². The Labute approximate surface area is 243 Å². The van der Waals surface area contributed by atoms with Crippen molar-refractivity contribution in [2.24, 2.45) is 32.3 Å². The van der Waals surface area contributed by atoms with Gasteiger partial charge in [-0.15, -0.1) is 0 Å². The number of hydrogen-bond donors (Lipinski definition) is 0. The SMILES string of the molecule is CC(C)CC(C)(C#N)/N=N/C(C)(C#N)CC(C)C.COC(C)(C)CC(C)(C#N)/N=N/C(C)(C#N)CC(C)(C)OC. The average Bonchev–Trinajstić information content (AvgIpc) is 2.85. The first-order valence-electron chi connectivity index (χ1n) is 13.7. The molecule has 10 nitrogen and oxygen atoms in total. The first-order chi connectivity index (χ1) is 18.0. The molecule has 0 aromatic heterocycles. The summed E-state index contributed by atoms with van der Waals surface area (Å²) in [7, 11) is 3.19. The number of nitriles is 4. The van der Waals surface area contributed by atoms with Crippen LogP contribution >= 0.6 is 0 Å². The highest BCUT2D eigenvalue weighted by atomic mass is 16.5. The molecule has 0 aromatic rings.